The van der Waals surface area contributed by atoms with E-state index in [-0.39, 0.29) is 5.56 Å². The van der Waals surface area contributed by atoms with Gasteiger partial charge >= 0.3 is 5.97 Å². The molecule has 5 nitrogen and oxygen atoms in total. The quantitative estimate of drug-likeness (QED) is 0.776. The predicted molar refractivity (Wildman–Crippen MR) is 80.7 cm³/mol. The van der Waals surface area contributed by atoms with E-state index in [1.54, 1.807) is 13.2 Å². The Labute approximate surface area is 128 Å². The van der Waals surface area contributed by atoms with Gasteiger partial charge in [0.1, 0.15) is 11.3 Å². The highest BCUT2D eigenvalue weighted by atomic mass is 79.9. The summed E-state index contributed by atoms with van der Waals surface area (Å²) in [5.41, 5.74) is 1.89. The molecule has 3 aromatic rings. The molecule has 0 radical (unpaired) electrons. The number of hydrogen-bond acceptors (Lipinski definition) is 4. The number of benzene rings is 2. The van der Waals surface area contributed by atoms with E-state index in [0.717, 1.165) is 4.47 Å². The molecule has 0 saturated carbocycles. The third kappa shape index (κ3) is 2.50. The van der Waals surface area contributed by atoms with Crippen LogP contribution in [0, 0.1) is 0 Å². The number of aromatic nitrogens is 1. The fourth-order valence-corrected chi connectivity index (χ4v) is 2.35. The van der Waals surface area contributed by atoms with Crippen LogP contribution >= 0.6 is 15.9 Å². The summed E-state index contributed by atoms with van der Waals surface area (Å²) in [6, 6.07) is 10.1. The minimum Gasteiger partial charge on any atom is -0.496 e. The van der Waals surface area contributed by atoms with Crippen molar-refractivity contribution in [3.63, 3.8) is 0 Å². The number of hydrogen-bond donors (Lipinski definition) is 1. The van der Waals surface area contributed by atoms with Gasteiger partial charge in [-0.3, -0.25) is 0 Å². The Kier molecular flexibility index (Phi) is 3.39. The number of ether oxygens (including phenoxy) is 1. The van der Waals surface area contributed by atoms with E-state index in [0.29, 0.717) is 28.3 Å². The lowest BCUT2D eigenvalue weighted by Gasteiger charge is -2.05. The number of carboxylic acids is 1. The summed E-state index contributed by atoms with van der Waals surface area (Å²) in [7, 11) is 1.57. The second-order valence-electron chi connectivity index (χ2n) is 4.35. The van der Waals surface area contributed by atoms with Crippen LogP contribution in [0.1, 0.15) is 10.4 Å². The average Bonchev–Trinajstić information content (AvgIpc) is 2.89. The Morgan fingerprint density at radius 3 is 2.81 bits per heavy atom. The first kappa shape index (κ1) is 13.6. The summed E-state index contributed by atoms with van der Waals surface area (Å²) in [5.74, 6) is 0.00218. The van der Waals surface area contributed by atoms with Gasteiger partial charge in [-0.15, -0.1) is 0 Å². The van der Waals surface area contributed by atoms with Gasteiger partial charge in [0, 0.05) is 4.47 Å². The molecule has 6 heteroatoms. The van der Waals surface area contributed by atoms with Gasteiger partial charge in [0.2, 0.25) is 5.89 Å². The van der Waals surface area contributed by atoms with Gasteiger partial charge in [0.05, 0.1) is 18.2 Å². The lowest BCUT2D eigenvalue weighted by molar-refractivity contribution is 0.0697. The van der Waals surface area contributed by atoms with Crippen LogP contribution < -0.4 is 4.74 Å². The molecule has 0 fully saturated rings. The maximum atomic E-state index is 11.0. The lowest BCUT2D eigenvalue weighted by atomic mass is 10.2. The molecule has 1 aromatic heterocycles. The summed E-state index contributed by atoms with van der Waals surface area (Å²) < 4.78 is 11.9. The van der Waals surface area contributed by atoms with Crippen molar-refractivity contribution in [1.29, 1.82) is 0 Å². The predicted octanol–water partition coefficient (Wildman–Crippen LogP) is 3.96. The van der Waals surface area contributed by atoms with Gasteiger partial charge in [-0.1, -0.05) is 15.9 Å². The number of methoxy groups -OCH3 is 1. The Morgan fingerprint density at radius 2 is 2.10 bits per heavy atom. The Balaban J connectivity index is 2.15. The van der Waals surface area contributed by atoms with Gasteiger partial charge < -0.3 is 14.3 Å². The molecule has 0 saturated heterocycles. The summed E-state index contributed by atoms with van der Waals surface area (Å²) >= 11 is 3.37. The van der Waals surface area contributed by atoms with E-state index in [1.807, 2.05) is 18.2 Å². The molecule has 3 rings (SSSR count). The molecule has 0 amide bonds. The number of halogens is 1. The normalized spacial score (nSPS) is 10.8. The molecular formula is C15H10BrNO4. The minimum absolute atomic E-state index is 0.160. The molecule has 0 aliphatic heterocycles. The molecule has 0 spiro atoms. The summed E-state index contributed by atoms with van der Waals surface area (Å²) in [6.07, 6.45) is 0. The van der Waals surface area contributed by atoms with Crippen LogP contribution in [-0.4, -0.2) is 23.2 Å². The van der Waals surface area contributed by atoms with E-state index in [2.05, 4.69) is 20.9 Å². The van der Waals surface area contributed by atoms with Gasteiger partial charge in [0.15, 0.2) is 5.58 Å². The lowest BCUT2D eigenvalue weighted by Crippen LogP contribution is -1.94. The van der Waals surface area contributed by atoms with Crippen molar-refractivity contribution in [2.24, 2.45) is 0 Å². The number of carboxylic acid groups (broad SMARTS) is 1. The molecule has 0 aliphatic carbocycles. The third-order valence-electron chi connectivity index (χ3n) is 3.03. The highest BCUT2D eigenvalue weighted by Crippen LogP contribution is 2.33. The molecule has 0 aliphatic rings. The maximum Gasteiger partial charge on any atom is 0.335 e. The molecule has 1 N–H and O–H groups in total. The SMILES string of the molecule is COc1cc(Br)ccc1-c1nc2ccc(C(=O)O)cc2o1. The highest BCUT2D eigenvalue weighted by molar-refractivity contribution is 9.10. The minimum atomic E-state index is -1.00. The van der Waals surface area contributed by atoms with Gasteiger partial charge in [-0.2, -0.15) is 0 Å². The van der Waals surface area contributed by atoms with Crippen molar-refractivity contribution >= 4 is 33.0 Å². The van der Waals surface area contributed by atoms with E-state index in [1.165, 1.54) is 12.1 Å². The molecule has 106 valence electrons. The average molecular weight is 348 g/mol. The van der Waals surface area contributed by atoms with Crippen molar-refractivity contribution in [2.75, 3.05) is 7.11 Å². The first-order valence-electron chi connectivity index (χ1n) is 6.06. The summed E-state index contributed by atoms with van der Waals surface area (Å²) in [4.78, 5) is 15.3. The largest absolute Gasteiger partial charge is 0.496 e. The van der Waals surface area contributed by atoms with Crippen LogP contribution in [0.25, 0.3) is 22.6 Å². The highest BCUT2D eigenvalue weighted by Gasteiger charge is 2.14. The van der Waals surface area contributed by atoms with Crippen LogP contribution in [0.2, 0.25) is 0 Å². The fourth-order valence-electron chi connectivity index (χ4n) is 2.01. The molecule has 0 unspecified atom stereocenters. The monoisotopic (exact) mass is 347 g/mol. The third-order valence-corrected chi connectivity index (χ3v) is 3.52. The Bertz CT molecular complexity index is 841. The zero-order chi connectivity index (χ0) is 15.0. The number of oxazole rings is 1. The first-order valence-corrected chi connectivity index (χ1v) is 6.85. The van der Waals surface area contributed by atoms with Crippen molar-refractivity contribution < 1.29 is 19.1 Å². The second kappa shape index (κ2) is 5.21. The van der Waals surface area contributed by atoms with Crippen molar-refractivity contribution in [3.05, 3.63) is 46.4 Å². The molecule has 21 heavy (non-hydrogen) atoms. The maximum absolute atomic E-state index is 11.0. The van der Waals surface area contributed by atoms with Gasteiger partial charge in [-0.05, 0) is 36.4 Å². The first-order chi connectivity index (χ1) is 10.1. The van der Waals surface area contributed by atoms with Crippen molar-refractivity contribution in [3.8, 4) is 17.2 Å². The van der Waals surface area contributed by atoms with Crippen LogP contribution in [0.15, 0.2) is 45.3 Å². The van der Waals surface area contributed by atoms with E-state index >= 15 is 0 Å². The van der Waals surface area contributed by atoms with Crippen molar-refractivity contribution in [2.45, 2.75) is 0 Å². The summed E-state index contributed by atoms with van der Waals surface area (Å²) in [6.45, 7) is 0. The summed E-state index contributed by atoms with van der Waals surface area (Å²) in [5, 5.41) is 8.99. The second-order valence-corrected chi connectivity index (χ2v) is 5.27. The number of fused-ring (bicyclic) bond motifs is 1. The number of rotatable bonds is 3. The van der Waals surface area contributed by atoms with Gasteiger partial charge in [-0.25, -0.2) is 9.78 Å². The molecular weight excluding hydrogens is 338 g/mol. The molecule has 0 atom stereocenters. The van der Waals surface area contributed by atoms with Crippen molar-refractivity contribution in [1.82, 2.24) is 4.98 Å². The molecule has 2 aromatic carbocycles. The molecule has 0 bridgehead atoms. The van der Waals surface area contributed by atoms with E-state index < -0.39 is 5.97 Å². The van der Waals surface area contributed by atoms with Crippen LogP contribution in [0.5, 0.6) is 5.75 Å². The topological polar surface area (TPSA) is 72.6 Å². The van der Waals surface area contributed by atoms with Crippen LogP contribution in [0.3, 0.4) is 0 Å². The van der Waals surface area contributed by atoms with Crippen LogP contribution in [-0.2, 0) is 0 Å². The van der Waals surface area contributed by atoms with E-state index in [4.69, 9.17) is 14.3 Å². The number of nitrogens with zero attached hydrogens (tertiary/aromatic N) is 1. The van der Waals surface area contributed by atoms with Crippen LogP contribution in [0.4, 0.5) is 0 Å². The molecule has 1 heterocycles. The number of carbonyl (C=O) groups is 1. The van der Waals surface area contributed by atoms with E-state index in [9.17, 15) is 4.79 Å². The standard InChI is InChI=1S/C15H10BrNO4/c1-20-12-7-9(16)3-4-10(12)14-17-11-5-2-8(15(18)19)6-13(11)21-14/h2-7H,1H3,(H,18,19). The smallest absolute Gasteiger partial charge is 0.335 e. The Hall–Kier alpha value is -2.34. The zero-order valence-electron chi connectivity index (χ0n) is 11.0. The van der Waals surface area contributed by atoms with Gasteiger partial charge in [0.25, 0.3) is 0 Å². The zero-order valence-corrected chi connectivity index (χ0v) is 12.5. The fraction of sp³-hybridized carbons (Fsp3) is 0.0667. The number of aromatic carboxylic acids is 1. The Morgan fingerprint density at radius 1 is 1.29 bits per heavy atom.